The average Bonchev–Trinajstić information content (AvgIpc) is 1.76. The molecule has 0 unspecified atom stereocenters. The van der Waals surface area contributed by atoms with Crippen LogP contribution in [0.3, 0.4) is 0 Å². The third kappa shape index (κ3) is 3070. The molecule has 100 valence electrons. The zero-order valence-corrected chi connectivity index (χ0v) is 11.4. The van der Waals surface area contributed by atoms with Crippen molar-refractivity contribution in [3.8, 4) is 0 Å². The summed E-state index contributed by atoms with van der Waals surface area (Å²) < 4.78 is 0. The maximum Gasteiger partial charge on any atom is 0.631 e. The van der Waals surface area contributed by atoms with Gasteiger partial charge in [-0.2, -0.15) is 0 Å². The van der Waals surface area contributed by atoms with Crippen LogP contribution in [-0.2, 0) is 0 Å². The molecule has 17 heavy (non-hydrogen) atoms. The third-order valence-corrected chi connectivity index (χ3v) is 0. The van der Waals surface area contributed by atoms with Crippen LogP contribution in [0, 0.1) is 40.8 Å². The molecule has 0 aliphatic carbocycles. The Hall–Kier alpha value is 1.13. The zero-order chi connectivity index (χ0) is 14.3. The molecule has 0 atom stereocenters. The number of hydrogen-bond acceptors (Lipinski definition) is 12. The Labute approximate surface area is 130 Å². The van der Waals surface area contributed by atoms with Crippen molar-refractivity contribution in [1.82, 2.24) is 0 Å². The fraction of sp³-hybridized carbons (Fsp3) is 0. The first kappa shape index (κ1) is 30.9. The van der Waals surface area contributed by atoms with Crippen molar-refractivity contribution >= 4 is 29.3 Å². The summed E-state index contributed by atoms with van der Waals surface area (Å²) in [5.41, 5.74) is 0. The topological polar surface area (TPSA) is 243 Å². The van der Waals surface area contributed by atoms with Crippen molar-refractivity contribution in [3.05, 3.63) is 0 Å². The molecule has 0 amide bonds. The van der Waals surface area contributed by atoms with Gasteiger partial charge in [-0.15, -0.1) is 0 Å². The van der Waals surface area contributed by atoms with Gasteiger partial charge in [0.15, 0.2) is 0 Å². The van der Waals surface area contributed by atoms with E-state index in [1.54, 1.807) is 0 Å². The molecule has 0 spiro atoms. The Bertz CT molecular complexity index is 61.5. The van der Waals surface area contributed by atoms with Gasteiger partial charge in [-0.25, -0.2) is 0 Å². The van der Waals surface area contributed by atoms with Crippen molar-refractivity contribution in [2.75, 3.05) is 0 Å². The molecule has 0 aromatic carbocycles. The van der Waals surface area contributed by atoms with Crippen LogP contribution < -0.4 is 0 Å². The van der Waals surface area contributed by atoms with Gasteiger partial charge in [0.05, 0.1) is 0 Å². The molecule has 0 bridgehead atoms. The molecule has 12 nitrogen and oxygen atoms in total. The molecule has 0 radical (unpaired) electrons. The van der Waals surface area contributed by atoms with Crippen LogP contribution >= 0.6 is 0 Å². The van der Waals surface area contributed by atoms with E-state index in [1.165, 1.54) is 0 Å². The third-order valence-electron chi connectivity index (χ3n) is 0. The number of hydrogen-bond donors (Lipinski definition) is 12. The second-order valence-corrected chi connectivity index (χ2v) is 1.39. The van der Waals surface area contributed by atoms with Gasteiger partial charge in [0, 0.05) is 40.8 Å². The summed E-state index contributed by atoms with van der Waals surface area (Å²) in [4.78, 5) is 0. The minimum atomic E-state index is -2.17. The summed E-state index contributed by atoms with van der Waals surface area (Å²) in [5, 5.41) is 86.0. The molecule has 0 saturated heterocycles. The van der Waals surface area contributed by atoms with E-state index in [0.717, 1.165) is 0 Å². The van der Waals surface area contributed by atoms with Crippen LogP contribution in [0.2, 0.25) is 0 Å². The summed E-state index contributed by atoms with van der Waals surface area (Å²) in [7, 11) is -8.67. The SMILES string of the molecule is OB(O)O.OB(O)O.OB(O)O.OB(O)O.[Nd]. The maximum absolute atomic E-state index is 7.17. The van der Waals surface area contributed by atoms with E-state index in [4.69, 9.17) is 60.3 Å². The van der Waals surface area contributed by atoms with Crippen LogP contribution in [0.4, 0.5) is 0 Å². The molecular formula is H12B4NdO12. The summed E-state index contributed by atoms with van der Waals surface area (Å²) >= 11 is 0. The Morgan fingerprint density at radius 2 is 0.294 bits per heavy atom. The summed E-state index contributed by atoms with van der Waals surface area (Å²) in [6, 6.07) is 0. The summed E-state index contributed by atoms with van der Waals surface area (Å²) in [6.45, 7) is 0. The van der Waals surface area contributed by atoms with E-state index in [9.17, 15) is 0 Å². The van der Waals surface area contributed by atoms with Crippen LogP contribution in [0.1, 0.15) is 0 Å². The summed E-state index contributed by atoms with van der Waals surface area (Å²) in [6.07, 6.45) is 0. The Morgan fingerprint density at radius 1 is 0.294 bits per heavy atom. The second-order valence-electron chi connectivity index (χ2n) is 1.39. The molecule has 0 heterocycles. The molecular weight excluding hydrogens is 379 g/mol. The monoisotopic (exact) mass is 390 g/mol. The molecule has 0 aliphatic heterocycles. The second kappa shape index (κ2) is 25.9. The fourth-order valence-electron chi connectivity index (χ4n) is 0. The number of rotatable bonds is 0. The van der Waals surface area contributed by atoms with Gasteiger partial charge in [-0.05, 0) is 0 Å². The van der Waals surface area contributed by atoms with Gasteiger partial charge in [-0.1, -0.05) is 0 Å². The van der Waals surface area contributed by atoms with Crippen LogP contribution in [0.15, 0.2) is 0 Å². The molecule has 0 aliphatic rings. The van der Waals surface area contributed by atoms with Crippen LogP contribution in [-0.4, -0.2) is 89.6 Å². The molecule has 0 aromatic rings. The molecule has 0 fully saturated rings. The van der Waals surface area contributed by atoms with E-state index in [2.05, 4.69) is 0 Å². The Kier molecular flexibility index (Phi) is 46.9. The van der Waals surface area contributed by atoms with Crippen LogP contribution in [0.5, 0.6) is 0 Å². The summed E-state index contributed by atoms with van der Waals surface area (Å²) in [5.74, 6) is 0. The quantitative estimate of drug-likeness (QED) is 0.172. The van der Waals surface area contributed by atoms with Crippen molar-refractivity contribution < 1.29 is 101 Å². The van der Waals surface area contributed by atoms with Crippen molar-refractivity contribution in [2.45, 2.75) is 0 Å². The van der Waals surface area contributed by atoms with Crippen LogP contribution in [0.25, 0.3) is 0 Å². The maximum atomic E-state index is 7.17. The smallest absolute Gasteiger partial charge is 0.402 e. The first-order valence-electron chi connectivity index (χ1n) is 3.10. The first-order valence-corrected chi connectivity index (χ1v) is 3.10. The standard InChI is InChI=1S/4BH3O3.Nd/c4*2-1(3)4;/h4*2-4H;. The van der Waals surface area contributed by atoms with E-state index in [1.807, 2.05) is 0 Å². The van der Waals surface area contributed by atoms with Gasteiger partial charge in [0.2, 0.25) is 0 Å². The predicted octanol–water partition coefficient (Wildman–Crippen LogP) is -8.21. The van der Waals surface area contributed by atoms with Gasteiger partial charge in [-0.3, -0.25) is 0 Å². The first-order chi connectivity index (χ1) is 6.93. The average molecular weight is 392 g/mol. The van der Waals surface area contributed by atoms with E-state index >= 15 is 0 Å². The molecule has 12 N–H and O–H groups in total. The minimum absolute atomic E-state index is 0. The van der Waals surface area contributed by atoms with Gasteiger partial charge < -0.3 is 60.3 Å². The van der Waals surface area contributed by atoms with E-state index < -0.39 is 29.3 Å². The largest absolute Gasteiger partial charge is 0.631 e. The zero-order valence-electron chi connectivity index (χ0n) is 8.18. The van der Waals surface area contributed by atoms with Gasteiger partial charge >= 0.3 is 29.3 Å². The Balaban J connectivity index is -0.0000000369. The van der Waals surface area contributed by atoms with Crippen molar-refractivity contribution in [3.63, 3.8) is 0 Å². The van der Waals surface area contributed by atoms with E-state index in [-0.39, 0.29) is 40.8 Å². The van der Waals surface area contributed by atoms with E-state index in [0.29, 0.717) is 0 Å². The van der Waals surface area contributed by atoms with Crippen molar-refractivity contribution in [2.24, 2.45) is 0 Å². The fourth-order valence-corrected chi connectivity index (χ4v) is 0. The molecule has 17 heteroatoms. The van der Waals surface area contributed by atoms with Crippen molar-refractivity contribution in [1.29, 1.82) is 0 Å². The predicted molar refractivity (Wildman–Crippen MR) is 49.6 cm³/mol. The molecule has 0 saturated carbocycles. The van der Waals surface area contributed by atoms with Gasteiger partial charge in [0.1, 0.15) is 0 Å². The molecule has 0 aromatic heterocycles. The Morgan fingerprint density at radius 3 is 0.294 bits per heavy atom. The minimum Gasteiger partial charge on any atom is -0.402 e. The molecule has 0 rings (SSSR count). The normalized spacial score (nSPS) is 6.35. The van der Waals surface area contributed by atoms with Gasteiger partial charge in [0.25, 0.3) is 0 Å².